The molecule has 6 heteroatoms. The molecule has 0 saturated carbocycles. The van der Waals surface area contributed by atoms with Gasteiger partial charge in [0, 0.05) is 0 Å². The molecule has 0 aliphatic rings. The minimum Gasteiger partial charge on any atom is -0.363 e. The summed E-state index contributed by atoms with van der Waals surface area (Å²) in [7, 11) is 0. The quantitative estimate of drug-likeness (QED) is 0.724. The lowest BCUT2D eigenvalue weighted by Gasteiger charge is -2.17. The maximum absolute atomic E-state index is 5.93. The highest BCUT2D eigenvalue weighted by molar-refractivity contribution is 6.28. The number of fused-ring (bicyclic) bond motifs is 1. The Morgan fingerprint density at radius 3 is 2.85 bits per heavy atom. The van der Waals surface area contributed by atoms with E-state index >= 15 is 0 Å². The van der Waals surface area contributed by atoms with Gasteiger partial charge in [0.05, 0.1) is 17.6 Å². The highest BCUT2D eigenvalue weighted by atomic mass is 35.5. The van der Waals surface area contributed by atoms with Gasteiger partial charge < -0.3 is 5.32 Å². The molecule has 0 spiro atoms. The van der Waals surface area contributed by atoms with Crippen molar-refractivity contribution in [2.24, 2.45) is 0 Å². The molecular weight excluding hydrogens is 274 g/mol. The number of aromatic nitrogens is 4. The zero-order valence-corrected chi connectivity index (χ0v) is 11.9. The van der Waals surface area contributed by atoms with E-state index < -0.39 is 0 Å². The summed E-state index contributed by atoms with van der Waals surface area (Å²) < 4.78 is 0. The van der Waals surface area contributed by atoms with Crippen molar-refractivity contribution in [2.45, 2.75) is 19.9 Å². The number of hydrogen-bond donors (Lipinski definition) is 2. The van der Waals surface area contributed by atoms with Gasteiger partial charge in [-0.1, -0.05) is 24.3 Å². The van der Waals surface area contributed by atoms with Crippen LogP contribution < -0.4 is 5.32 Å². The topological polar surface area (TPSA) is 66.5 Å². The minimum atomic E-state index is 0.111. The molecular formula is C14H14ClN5. The van der Waals surface area contributed by atoms with Gasteiger partial charge in [-0.3, -0.25) is 5.10 Å². The third kappa shape index (κ3) is 2.32. The Hall–Kier alpha value is -2.14. The van der Waals surface area contributed by atoms with Crippen molar-refractivity contribution in [3.63, 3.8) is 0 Å². The van der Waals surface area contributed by atoms with E-state index in [0.717, 1.165) is 5.39 Å². The standard InChI is InChI=1S/C14H14ClN5/c1-8-5-3-4-6-10(8)9(2)17-12-11-7-16-20-13(11)19-14(15)18-12/h3-7,9H,1-2H3,(H2,16,17,18,19,20). The molecule has 2 aromatic heterocycles. The van der Waals surface area contributed by atoms with E-state index in [1.54, 1.807) is 6.20 Å². The molecule has 1 unspecified atom stereocenters. The first-order valence-electron chi connectivity index (χ1n) is 6.34. The Morgan fingerprint density at radius 1 is 1.25 bits per heavy atom. The number of H-pyrrole nitrogens is 1. The number of hydrogen-bond acceptors (Lipinski definition) is 4. The van der Waals surface area contributed by atoms with Crippen molar-refractivity contribution < 1.29 is 0 Å². The van der Waals surface area contributed by atoms with E-state index in [1.807, 2.05) is 12.1 Å². The summed E-state index contributed by atoms with van der Waals surface area (Å²) in [6.07, 6.45) is 1.69. The average molecular weight is 288 g/mol. The fraction of sp³-hybridized carbons (Fsp3) is 0.214. The predicted octanol–water partition coefficient (Wildman–Crippen LogP) is 3.49. The molecule has 5 nitrogen and oxygen atoms in total. The fourth-order valence-corrected chi connectivity index (χ4v) is 2.44. The summed E-state index contributed by atoms with van der Waals surface area (Å²) in [5.41, 5.74) is 3.08. The third-order valence-corrected chi connectivity index (χ3v) is 3.46. The van der Waals surface area contributed by atoms with E-state index in [1.165, 1.54) is 11.1 Å². The van der Waals surface area contributed by atoms with Crippen LogP contribution in [-0.4, -0.2) is 20.2 Å². The van der Waals surface area contributed by atoms with Gasteiger partial charge in [0.2, 0.25) is 5.28 Å². The van der Waals surface area contributed by atoms with Crippen molar-refractivity contribution in [1.82, 2.24) is 20.2 Å². The molecule has 0 saturated heterocycles. The van der Waals surface area contributed by atoms with Gasteiger partial charge in [0.25, 0.3) is 0 Å². The predicted molar refractivity (Wildman–Crippen MR) is 79.9 cm³/mol. The number of nitrogens with zero attached hydrogens (tertiary/aromatic N) is 3. The van der Waals surface area contributed by atoms with Crippen LogP contribution in [0.3, 0.4) is 0 Å². The number of aryl methyl sites for hydroxylation is 1. The average Bonchev–Trinajstić information content (AvgIpc) is 2.87. The number of benzene rings is 1. The van der Waals surface area contributed by atoms with Crippen LogP contribution in [0.15, 0.2) is 30.5 Å². The van der Waals surface area contributed by atoms with Crippen molar-refractivity contribution in [1.29, 1.82) is 0 Å². The molecule has 0 aliphatic heterocycles. The Balaban J connectivity index is 1.97. The van der Waals surface area contributed by atoms with Gasteiger partial charge in [0.1, 0.15) is 5.82 Å². The molecule has 0 bridgehead atoms. The first kappa shape index (κ1) is 12.9. The Morgan fingerprint density at radius 2 is 2.05 bits per heavy atom. The number of aromatic amines is 1. The Labute approximate surface area is 121 Å². The van der Waals surface area contributed by atoms with E-state index in [4.69, 9.17) is 11.6 Å². The summed E-state index contributed by atoms with van der Waals surface area (Å²) >= 11 is 5.93. The normalized spacial score (nSPS) is 12.6. The first-order valence-corrected chi connectivity index (χ1v) is 6.71. The van der Waals surface area contributed by atoms with Gasteiger partial charge in [-0.05, 0) is 36.6 Å². The maximum Gasteiger partial charge on any atom is 0.226 e. The van der Waals surface area contributed by atoms with Gasteiger partial charge in [-0.15, -0.1) is 0 Å². The highest BCUT2D eigenvalue weighted by Gasteiger charge is 2.13. The summed E-state index contributed by atoms with van der Waals surface area (Å²) in [5, 5.41) is 11.2. The summed E-state index contributed by atoms with van der Waals surface area (Å²) in [5.74, 6) is 0.685. The third-order valence-electron chi connectivity index (χ3n) is 3.29. The summed E-state index contributed by atoms with van der Waals surface area (Å²) in [6, 6.07) is 8.36. The SMILES string of the molecule is Cc1ccccc1C(C)Nc1nc(Cl)nc2[nH]ncc12. The molecule has 1 atom stereocenters. The van der Waals surface area contributed by atoms with Crippen LogP contribution in [0, 0.1) is 6.92 Å². The largest absolute Gasteiger partial charge is 0.363 e. The molecule has 3 aromatic rings. The van der Waals surface area contributed by atoms with Crippen LogP contribution in [0.2, 0.25) is 5.28 Å². The second-order valence-electron chi connectivity index (χ2n) is 4.70. The minimum absolute atomic E-state index is 0.111. The van der Waals surface area contributed by atoms with E-state index in [2.05, 4.69) is 51.5 Å². The van der Waals surface area contributed by atoms with E-state index in [0.29, 0.717) is 11.5 Å². The van der Waals surface area contributed by atoms with E-state index in [-0.39, 0.29) is 11.3 Å². The smallest absolute Gasteiger partial charge is 0.226 e. The fourth-order valence-electron chi connectivity index (χ4n) is 2.27. The van der Waals surface area contributed by atoms with Gasteiger partial charge in [-0.25, -0.2) is 0 Å². The van der Waals surface area contributed by atoms with Gasteiger partial charge in [0.15, 0.2) is 5.65 Å². The number of halogens is 1. The maximum atomic E-state index is 5.93. The van der Waals surface area contributed by atoms with Crippen LogP contribution in [0.5, 0.6) is 0 Å². The summed E-state index contributed by atoms with van der Waals surface area (Å²) in [6.45, 7) is 4.18. The molecule has 2 N–H and O–H groups in total. The van der Waals surface area contributed by atoms with Crippen molar-refractivity contribution in [2.75, 3.05) is 5.32 Å². The molecule has 0 amide bonds. The molecule has 102 valence electrons. The van der Waals surface area contributed by atoms with Crippen molar-refractivity contribution >= 4 is 28.5 Å². The number of rotatable bonds is 3. The van der Waals surface area contributed by atoms with Crippen LogP contribution in [-0.2, 0) is 0 Å². The molecule has 3 rings (SSSR count). The number of anilines is 1. The lowest BCUT2D eigenvalue weighted by molar-refractivity contribution is 0.866. The lowest BCUT2D eigenvalue weighted by atomic mass is 10.0. The Bertz CT molecular complexity index is 752. The monoisotopic (exact) mass is 287 g/mol. The van der Waals surface area contributed by atoms with Crippen LogP contribution >= 0.6 is 11.6 Å². The van der Waals surface area contributed by atoms with Crippen LogP contribution in [0.1, 0.15) is 24.1 Å². The number of nitrogens with one attached hydrogen (secondary N) is 2. The second kappa shape index (κ2) is 5.09. The lowest BCUT2D eigenvalue weighted by Crippen LogP contribution is -2.10. The van der Waals surface area contributed by atoms with Crippen molar-refractivity contribution in [3.05, 3.63) is 46.9 Å². The van der Waals surface area contributed by atoms with Gasteiger partial charge in [-0.2, -0.15) is 15.1 Å². The van der Waals surface area contributed by atoms with Crippen molar-refractivity contribution in [3.8, 4) is 0 Å². The first-order chi connectivity index (χ1) is 9.65. The summed E-state index contributed by atoms with van der Waals surface area (Å²) in [4.78, 5) is 8.34. The van der Waals surface area contributed by atoms with Crippen LogP contribution in [0.4, 0.5) is 5.82 Å². The molecule has 0 aliphatic carbocycles. The van der Waals surface area contributed by atoms with Crippen LogP contribution in [0.25, 0.3) is 11.0 Å². The molecule has 2 heterocycles. The molecule has 20 heavy (non-hydrogen) atoms. The molecule has 1 aromatic carbocycles. The Kier molecular flexibility index (Phi) is 3.28. The van der Waals surface area contributed by atoms with E-state index in [9.17, 15) is 0 Å². The molecule has 0 radical (unpaired) electrons. The second-order valence-corrected chi connectivity index (χ2v) is 5.03. The molecule has 0 fully saturated rings. The van der Waals surface area contributed by atoms with Gasteiger partial charge >= 0.3 is 0 Å². The highest BCUT2D eigenvalue weighted by Crippen LogP contribution is 2.26. The zero-order chi connectivity index (χ0) is 14.1. The zero-order valence-electron chi connectivity index (χ0n) is 11.2.